The molecule has 4 heteroatoms. The molecule has 15 heavy (non-hydrogen) atoms. The van der Waals surface area contributed by atoms with E-state index in [9.17, 15) is 4.79 Å². The summed E-state index contributed by atoms with van der Waals surface area (Å²) in [6.07, 6.45) is 0. The Hall–Kier alpha value is -2.28. The van der Waals surface area contributed by atoms with Crippen LogP contribution in [0.4, 0.5) is 5.88 Å². The number of hydrogen-bond donors (Lipinski definition) is 1. The maximum Gasteiger partial charge on any atom is 0.212 e. The van der Waals surface area contributed by atoms with Crippen LogP contribution in [0.15, 0.2) is 27.4 Å². The maximum absolute atomic E-state index is 11.8. The van der Waals surface area contributed by atoms with E-state index in [-0.39, 0.29) is 16.9 Å². The van der Waals surface area contributed by atoms with Gasteiger partial charge in [0.2, 0.25) is 11.3 Å². The van der Waals surface area contributed by atoms with E-state index >= 15 is 0 Å². The number of benzene rings is 1. The van der Waals surface area contributed by atoms with E-state index in [0.29, 0.717) is 11.0 Å². The number of nitriles is 1. The molecule has 0 radical (unpaired) electrons. The lowest BCUT2D eigenvalue weighted by molar-refractivity contribution is 0.620. The lowest BCUT2D eigenvalue weighted by Crippen LogP contribution is -2.09. The third-order valence-corrected chi connectivity index (χ3v) is 2.25. The fourth-order valence-electron chi connectivity index (χ4n) is 1.48. The first-order valence-electron chi connectivity index (χ1n) is 4.37. The third kappa shape index (κ3) is 1.25. The zero-order chi connectivity index (χ0) is 11.0. The SMILES string of the molecule is Cc1cccc2c(=O)c(C#N)c(N)oc12. The van der Waals surface area contributed by atoms with Gasteiger partial charge in [-0.15, -0.1) is 0 Å². The summed E-state index contributed by atoms with van der Waals surface area (Å²) in [6, 6.07) is 6.92. The van der Waals surface area contributed by atoms with Crippen molar-refractivity contribution in [3.05, 3.63) is 39.5 Å². The van der Waals surface area contributed by atoms with Crippen LogP contribution < -0.4 is 11.2 Å². The van der Waals surface area contributed by atoms with Gasteiger partial charge in [0.05, 0.1) is 5.39 Å². The van der Waals surface area contributed by atoms with Gasteiger partial charge in [0.25, 0.3) is 0 Å². The summed E-state index contributed by atoms with van der Waals surface area (Å²) < 4.78 is 5.25. The Balaban J connectivity index is 3.06. The Morgan fingerprint density at radius 1 is 1.47 bits per heavy atom. The molecule has 1 aromatic carbocycles. The van der Waals surface area contributed by atoms with E-state index in [1.54, 1.807) is 18.2 Å². The quantitative estimate of drug-likeness (QED) is 0.699. The van der Waals surface area contributed by atoms with E-state index in [1.807, 2.05) is 13.0 Å². The summed E-state index contributed by atoms with van der Waals surface area (Å²) in [5.41, 5.74) is 6.23. The van der Waals surface area contributed by atoms with Gasteiger partial charge in [-0.2, -0.15) is 5.26 Å². The molecule has 2 rings (SSSR count). The van der Waals surface area contributed by atoms with Crippen LogP contribution in [0.1, 0.15) is 11.1 Å². The molecule has 0 aliphatic rings. The van der Waals surface area contributed by atoms with Crippen LogP contribution in [0, 0.1) is 18.3 Å². The van der Waals surface area contributed by atoms with E-state index in [0.717, 1.165) is 5.56 Å². The second-order valence-corrected chi connectivity index (χ2v) is 3.23. The van der Waals surface area contributed by atoms with E-state index < -0.39 is 0 Å². The predicted molar refractivity (Wildman–Crippen MR) is 56.3 cm³/mol. The summed E-state index contributed by atoms with van der Waals surface area (Å²) in [4.78, 5) is 11.8. The van der Waals surface area contributed by atoms with Crippen molar-refractivity contribution in [2.45, 2.75) is 6.92 Å². The minimum Gasteiger partial charge on any atom is -0.439 e. The summed E-state index contributed by atoms with van der Waals surface area (Å²) in [5, 5.41) is 9.13. The Morgan fingerprint density at radius 3 is 2.87 bits per heavy atom. The van der Waals surface area contributed by atoms with Crippen molar-refractivity contribution in [3.63, 3.8) is 0 Å². The highest BCUT2D eigenvalue weighted by atomic mass is 16.3. The van der Waals surface area contributed by atoms with Gasteiger partial charge in [-0.1, -0.05) is 12.1 Å². The van der Waals surface area contributed by atoms with Crippen molar-refractivity contribution in [1.82, 2.24) is 0 Å². The zero-order valence-electron chi connectivity index (χ0n) is 8.07. The minimum absolute atomic E-state index is 0.121. The molecule has 4 nitrogen and oxygen atoms in total. The highest BCUT2D eigenvalue weighted by Gasteiger charge is 2.12. The van der Waals surface area contributed by atoms with Gasteiger partial charge in [0.15, 0.2) is 5.56 Å². The summed E-state index contributed by atoms with van der Waals surface area (Å²) >= 11 is 0. The molecule has 0 bridgehead atoms. The Bertz CT molecular complexity index is 635. The Kier molecular flexibility index (Phi) is 1.94. The molecule has 0 atom stereocenters. The molecule has 2 aromatic rings. The van der Waals surface area contributed by atoms with Crippen molar-refractivity contribution in [1.29, 1.82) is 5.26 Å². The van der Waals surface area contributed by atoms with Crippen LogP contribution in [-0.4, -0.2) is 0 Å². The highest BCUT2D eigenvalue weighted by Crippen LogP contribution is 2.19. The van der Waals surface area contributed by atoms with Gasteiger partial charge in [0, 0.05) is 0 Å². The van der Waals surface area contributed by atoms with Crippen LogP contribution in [0.5, 0.6) is 0 Å². The van der Waals surface area contributed by atoms with Crippen molar-refractivity contribution < 1.29 is 4.42 Å². The molecule has 1 heterocycles. The number of hydrogen-bond acceptors (Lipinski definition) is 4. The number of para-hydroxylation sites is 1. The second kappa shape index (κ2) is 3.14. The van der Waals surface area contributed by atoms with Crippen molar-refractivity contribution >= 4 is 16.9 Å². The minimum atomic E-state index is -0.375. The van der Waals surface area contributed by atoms with Crippen LogP contribution in [-0.2, 0) is 0 Å². The molecule has 0 saturated carbocycles. The lowest BCUT2D eigenvalue weighted by atomic mass is 10.1. The normalized spacial score (nSPS) is 10.1. The number of nitrogen functional groups attached to an aromatic ring is 1. The van der Waals surface area contributed by atoms with Crippen LogP contribution in [0.2, 0.25) is 0 Å². The average molecular weight is 200 g/mol. The molecule has 0 spiro atoms. The molecular weight excluding hydrogens is 192 g/mol. The molecule has 1 aromatic heterocycles. The van der Waals surface area contributed by atoms with Crippen LogP contribution in [0.25, 0.3) is 11.0 Å². The number of nitrogens with two attached hydrogens (primary N) is 1. The average Bonchev–Trinajstić information content (AvgIpc) is 2.20. The first kappa shape index (κ1) is 9.28. The highest BCUT2D eigenvalue weighted by molar-refractivity contribution is 5.82. The Labute approximate surface area is 85.5 Å². The molecule has 0 saturated heterocycles. The molecule has 74 valence electrons. The molecule has 0 aliphatic heterocycles. The molecule has 0 unspecified atom stereocenters. The first-order chi connectivity index (χ1) is 7.15. The van der Waals surface area contributed by atoms with Crippen LogP contribution >= 0.6 is 0 Å². The predicted octanol–water partition coefficient (Wildman–Crippen LogP) is 1.56. The molecule has 0 fully saturated rings. The van der Waals surface area contributed by atoms with Gasteiger partial charge < -0.3 is 10.2 Å². The summed E-state index contributed by atoms with van der Waals surface area (Å²) in [6.45, 7) is 1.82. The van der Waals surface area contributed by atoms with Crippen molar-refractivity contribution in [2.24, 2.45) is 0 Å². The maximum atomic E-state index is 11.8. The number of nitrogens with zero attached hydrogens (tertiary/aromatic N) is 1. The van der Waals surface area contributed by atoms with Gasteiger partial charge in [0.1, 0.15) is 11.7 Å². The van der Waals surface area contributed by atoms with E-state index in [1.165, 1.54) is 0 Å². The van der Waals surface area contributed by atoms with Crippen molar-refractivity contribution in [3.8, 4) is 6.07 Å². The number of rotatable bonds is 0. The standard InChI is InChI=1S/C11H8N2O2/c1-6-3-2-4-7-9(14)8(5-12)11(13)15-10(6)7/h2-4H,13H2,1H3. The van der Waals surface area contributed by atoms with Gasteiger partial charge in [-0.25, -0.2) is 0 Å². The fraction of sp³-hybridized carbons (Fsp3) is 0.0909. The fourth-order valence-corrected chi connectivity index (χ4v) is 1.48. The van der Waals surface area contributed by atoms with Gasteiger partial charge in [-0.05, 0) is 18.6 Å². The second-order valence-electron chi connectivity index (χ2n) is 3.23. The zero-order valence-corrected chi connectivity index (χ0v) is 8.07. The monoisotopic (exact) mass is 200 g/mol. The lowest BCUT2D eigenvalue weighted by Gasteiger charge is -2.02. The largest absolute Gasteiger partial charge is 0.439 e. The molecular formula is C11H8N2O2. The molecule has 0 aliphatic carbocycles. The first-order valence-corrected chi connectivity index (χ1v) is 4.37. The van der Waals surface area contributed by atoms with Crippen molar-refractivity contribution in [2.75, 3.05) is 5.73 Å². The topological polar surface area (TPSA) is 80.0 Å². The smallest absolute Gasteiger partial charge is 0.212 e. The van der Waals surface area contributed by atoms with Gasteiger partial charge >= 0.3 is 0 Å². The number of anilines is 1. The summed E-state index contributed by atoms with van der Waals surface area (Å²) in [5.74, 6) is -0.121. The van der Waals surface area contributed by atoms with Crippen LogP contribution in [0.3, 0.4) is 0 Å². The molecule has 2 N–H and O–H groups in total. The van der Waals surface area contributed by atoms with E-state index in [2.05, 4.69) is 0 Å². The third-order valence-electron chi connectivity index (χ3n) is 2.25. The number of fused-ring (bicyclic) bond motifs is 1. The summed E-state index contributed by atoms with van der Waals surface area (Å²) in [7, 11) is 0. The molecule has 0 amide bonds. The Morgan fingerprint density at radius 2 is 2.20 bits per heavy atom. The van der Waals surface area contributed by atoms with E-state index in [4.69, 9.17) is 15.4 Å². The van der Waals surface area contributed by atoms with Gasteiger partial charge in [-0.3, -0.25) is 4.79 Å². The number of aryl methyl sites for hydroxylation is 1.